The van der Waals surface area contributed by atoms with Gasteiger partial charge in [-0.1, -0.05) is 72.8 Å². The molecular formula is C30H18N2S2. The zero-order chi connectivity index (χ0) is 22.1. The molecule has 4 heterocycles. The Hall–Kier alpha value is -3.34. The summed E-state index contributed by atoms with van der Waals surface area (Å²) in [7, 11) is 0. The normalized spacial score (nSPS) is 30.4. The fraction of sp³-hybridized carbons (Fsp3) is 0.100. The average molecular weight is 471 g/mol. The van der Waals surface area contributed by atoms with Gasteiger partial charge in [-0.15, -0.1) is 23.1 Å². The minimum Gasteiger partial charge on any atom is -0.370 e. The number of aliphatic imine (C=N–C) groups is 1. The van der Waals surface area contributed by atoms with Crippen molar-refractivity contribution in [2.45, 2.75) is 15.0 Å². The van der Waals surface area contributed by atoms with Crippen LogP contribution in [0.15, 0.2) is 102 Å². The van der Waals surface area contributed by atoms with Crippen LogP contribution in [-0.2, 0) is 9.49 Å². The Morgan fingerprint density at radius 2 is 1.65 bits per heavy atom. The molecule has 0 amide bonds. The largest absolute Gasteiger partial charge is 0.370 e. The van der Waals surface area contributed by atoms with E-state index in [2.05, 4.69) is 120 Å². The molecular weight excluding hydrogens is 452 g/mol. The van der Waals surface area contributed by atoms with Crippen LogP contribution < -0.4 is 15.1 Å². The summed E-state index contributed by atoms with van der Waals surface area (Å²) in [6, 6.07) is 26.4. The highest BCUT2D eigenvalue weighted by molar-refractivity contribution is 8.03. The van der Waals surface area contributed by atoms with Crippen LogP contribution in [0.1, 0.15) is 11.1 Å². The zero-order valence-electron chi connectivity index (χ0n) is 18.1. The fourth-order valence-electron chi connectivity index (χ4n) is 6.84. The second kappa shape index (κ2) is 5.65. The van der Waals surface area contributed by atoms with E-state index in [0.717, 1.165) is 11.4 Å². The first-order chi connectivity index (χ1) is 16.8. The predicted molar refractivity (Wildman–Crippen MR) is 145 cm³/mol. The average Bonchev–Trinajstić information content (AvgIpc) is 3.54. The van der Waals surface area contributed by atoms with Gasteiger partial charge in [-0.3, -0.25) is 4.99 Å². The van der Waals surface area contributed by atoms with E-state index in [1.165, 1.54) is 42.2 Å². The lowest BCUT2D eigenvalue weighted by Crippen LogP contribution is -2.52. The first-order valence-electron chi connectivity index (χ1n) is 11.6. The number of fused-ring (bicyclic) bond motifs is 5. The molecule has 2 nitrogen and oxygen atoms in total. The summed E-state index contributed by atoms with van der Waals surface area (Å²) in [5, 5.41) is 6.79. The maximum Gasteiger partial charge on any atom is 0.110 e. The molecule has 3 unspecified atom stereocenters. The summed E-state index contributed by atoms with van der Waals surface area (Å²) in [5.41, 5.74) is 7.21. The SMILES string of the molecule is C1=CC2=Nc3ccccc3C23SC24C=c5c(sc6ccccc56)=CC2(Nc2ccccc24)C3=C1. The van der Waals surface area contributed by atoms with Gasteiger partial charge in [0.25, 0.3) is 0 Å². The molecule has 3 aromatic carbocycles. The third kappa shape index (κ3) is 1.76. The van der Waals surface area contributed by atoms with Gasteiger partial charge in [0.05, 0.1) is 16.1 Å². The number of hydrogen-bond donors (Lipinski definition) is 1. The summed E-state index contributed by atoms with van der Waals surface area (Å²) < 4.78 is 2.15. The fourth-order valence-corrected chi connectivity index (χ4v) is 10.2. The molecule has 1 spiro atoms. The van der Waals surface area contributed by atoms with E-state index in [4.69, 9.17) is 4.99 Å². The molecule has 1 N–H and O–H groups in total. The smallest absolute Gasteiger partial charge is 0.110 e. The molecule has 0 bridgehead atoms. The van der Waals surface area contributed by atoms with Gasteiger partial charge in [-0.2, -0.15) is 0 Å². The number of anilines is 1. The molecule has 9 rings (SSSR count). The summed E-state index contributed by atoms with van der Waals surface area (Å²) in [6.07, 6.45) is 11.9. The van der Waals surface area contributed by atoms with Crippen LogP contribution in [-0.4, -0.2) is 11.3 Å². The topological polar surface area (TPSA) is 24.4 Å². The molecule has 0 radical (unpaired) electrons. The Labute approximate surface area is 204 Å². The van der Waals surface area contributed by atoms with Crippen LogP contribution in [0.5, 0.6) is 0 Å². The van der Waals surface area contributed by atoms with Crippen molar-refractivity contribution in [2.24, 2.45) is 4.99 Å². The van der Waals surface area contributed by atoms with Gasteiger partial charge in [0.15, 0.2) is 0 Å². The number of thiophene rings is 1. The maximum absolute atomic E-state index is 5.14. The maximum atomic E-state index is 5.14. The molecule has 4 heteroatoms. The van der Waals surface area contributed by atoms with Crippen molar-refractivity contribution in [3.8, 4) is 0 Å². The highest BCUT2D eigenvalue weighted by Crippen LogP contribution is 2.76. The Kier molecular flexibility index (Phi) is 3.00. The summed E-state index contributed by atoms with van der Waals surface area (Å²) in [4.78, 5) is 5.14. The van der Waals surface area contributed by atoms with Gasteiger partial charge >= 0.3 is 0 Å². The van der Waals surface area contributed by atoms with Gasteiger partial charge < -0.3 is 5.32 Å². The molecule has 1 fully saturated rings. The molecule has 0 saturated carbocycles. The monoisotopic (exact) mass is 470 g/mol. The Morgan fingerprint density at radius 1 is 0.824 bits per heavy atom. The Morgan fingerprint density at radius 3 is 2.62 bits per heavy atom. The van der Waals surface area contributed by atoms with Gasteiger partial charge in [0.2, 0.25) is 0 Å². The number of rotatable bonds is 0. The minimum atomic E-state index is -0.349. The highest BCUT2D eigenvalue weighted by Gasteiger charge is 2.73. The molecule has 160 valence electrons. The van der Waals surface area contributed by atoms with Crippen LogP contribution in [0.4, 0.5) is 11.4 Å². The number of benzene rings is 3. The Balaban J connectivity index is 1.47. The molecule has 5 aliphatic rings. The van der Waals surface area contributed by atoms with Crippen LogP contribution in [0.25, 0.3) is 22.2 Å². The van der Waals surface area contributed by atoms with Gasteiger partial charge in [0.1, 0.15) is 10.3 Å². The van der Waals surface area contributed by atoms with Gasteiger partial charge in [-0.05, 0) is 46.7 Å². The van der Waals surface area contributed by atoms with Crippen LogP contribution >= 0.6 is 23.1 Å². The quantitative estimate of drug-likeness (QED) is 0.353. The van der Waals surface area contributed by atoms with Crippen molar-refractivity contribution >= 4 is 62.4 Å². The van der Waals surface area contributed by atoms with E-state index in [1.54, 1.807) is 0 Å². The van der Waals surface area contributed by atoms with Crippen molar-refractivity contribution in [1.82, 2.24) is 0 Å². The van der Waals surface area contributed by atoms with Crippen molar-refractivity contribution < 1.29 is 0 Å². The molecule has 3 aliphatic heterocycles. The number of para-hydroxylation sites is 2. The van der Waals surface area contributed by atoms with Crippen molar-refractivity contribution in [2.75, 3.05) is 5.32 Å². The standard InChI is InChI=1S/C30H18N2S2/c1-6-13-24-18(8-1)19-16-29-20-9-2-5-12-23(20)32-28(29,17-25(19)33-24)26-14-7-15-27-30(26,34-29)21-10-3-4-11-22(21)31-27/h1-17,32H. The van der Waals surface area contributed by atoms with Crippen molar-refractivity contribution in [3.05, 3.63) is 117 Å². The second-order valence-corrected chi connectivity index (χ2v) is 12.2. The lowest BCUT2D eigenvalue weighted by molar-refractivity contribution is 0.640. The van der Waals surface area contributed by atoms with Gasteiger partial charge in [0, 0.05) is 25.9 Å². The molecule has 34 heavy (non-hydrogen) atoms. The number of thioether (sulfide) groups is 1. The van der Waals surface area contributed by atoms with Crippen LogP contribution in [0, 0.1) is 0 Å². The van der Waals surface area contributed by atoms with E-state index in [9.17, 15) is 0 Å². The summed E-state index contributed by atoms with van der Waals surface area (Å²) in [6.45, 7) is 0. The highest BCUT2D eigenvalue weighted by atomic mass is 32.2. The van der Waals surface area contributed by atoms with Crippen molar-refractivity contribution in [3.63, 3.8) is 0 Å². The molecule has 2 aliphatic carbocycles. The predicted octanol–water partition coefficient (Wildman–Crippen LogP) is 5.76. The molecule has 3 atom stereocenters. The van der Waals surface area contributed by atoms with Crippen molar-refractivity contribution in [1.29, 1.82) is 0 Å². The second-order valence-electron chi connectivity index (χ2n) is 9.62. The third-order valence-electron chi connectivity index (χ3n) is 8.12. The van der Waals surface area contributed by atoms with E-state index in [0.29, 0.717) is 0 Å². The summed E-state index contributed by atoms with van der Waals surface area (Å²) in [5.74, 6) is 0. The number of hydrogen-bond acceptors (Lipinski definition) is 4. The first kappa shape index (κ1) is 18.0. The van der Waals surface area contributed by atoms with Crippen LogP contribution in [0.3, 0.4) is 0 Å². The number of allylic oxidation sites excluding steroid dienone is 3. The molecule has 1 saturated heterocycles. The summed E-state index contributed by atoms with van der Waals surface area (Å²) >= 11 is 3.98. The lowest BCUT2D eigenvalue weighted by Gasteiger charge is -2.38. The van der Waals surface area contributed by atoms with Gasteiger partial charge in [-0.25, -0.2) is 0 Å². The third-order valence-corrected chi connectivity index (χ3v) is 11.2. The zero-order valence-corrected chi connectivity index (χ0v) is 19.7. The van der Waals surface area contributed by atoms with E-state index < -0.39 is 0 Å². The number of nitrogens with one attached hydrogen (secondary N) is 1. The van der Waals surface area contributed by atoms with Crippen LogP contribution in [0.2, 0.25) is 0 Å². The minimum absolute atomic E-state index is 0.267. The van der Waals surface area contributed by atoms with E-state index in [1.807, 2.05) is 11.3 Å². The molecule has 4 aromatic rings. The van der Waals surface area contributed by atoms with E-state index in [-0.39, 0.29) is 15.0 Å². The van der Waals surface area contributed by atoms with E-state index >= 15 is 0 Å². The number of nitrogens with zero attached hydrogens (tertiary/aromatic N) is 1. The molecule has 1 aromatic heterocycles. The first-order valence-corrected chi connectivity index (χ1v) is 13.3. The lowest BCUT2D eigenvalue weighted by atomic mass is 9.67. The Bertz CT molecular complexity index is 1840.